The minimum Gasteiger partial charge on any atom is -0.380 e. The van der Waals surface area contributed by atoms with Crippen LogP contribution in [0, 0.1) is 5.92 Å². The summed E-state index contributed by atoms with van der Waals surface area (Å²) in [6, 6.07) is 11.7. The number of benzene rings is 2. The molecule has 0 heterocycles. The summed E-state index contributed by atoms with van der Waals surface area (Å²) < 4.78 is 33.2. The van der Waals surface area contributed by atoms with Crippen LogP contribution >= 0.6 is 11.8 Å². The zero-order chi connectivity index (χ0) is 20.0. The van der Waals surface area contributed by atoms with E-state index in [0.717, 1.165) is 10.5 Å². The van der Waals surface area contributed by atoms with Crippen molar-refractivity contribution in [2.75, 3.05) is 23.4 Å². The SMILES string of the molecule is COCc1cccc(NS(=O)(=O)c2ccc(SC)c(NC(=O)C(C)C)c2)c1. The lowest BCUT2D eigenvalue weighted by Crippen LogP contribution is -2.19. The lowest BCUT2D eigenvalue weighted by molar-refractivity contribution is -0.118. The molecule has 6 nitrogen and oxygen atoms in total. The second-order valence-electron chi connectivity index (χ2n) is 6.24. The molecule has 2 aromatic carbocycles. The van der Waals surface area contributed by atoms with E-state index in [9.17, 15) is 13.2 Å². The Labute approximate surface area is 164 Å². The predicted octanol–water partition coefficient (Wildman–Crippen LogP) is 3.95. The third-order valence-corrected chi connectivity index (χ3v) is 5.93. The second-order valence-corrected chi connectivity index (χ2v) is 8.78. The van der Waals surface area contributed by atoms with E-state index in [-0.39, 0.29) is 16.7 Å². The number of methoxy groups -OCH3 is 1. The molecule has 0 atom stereocenters. The molecule has 0 aliphatic rings. The highest BCUT2D eigenvalue weighted by Gasteiger charge is 2.18. The van der Waals surface area contributed by atoms with Gasteiger partial charge in [0.2, 0.25) is 5.91 Å². The Kier molecular flexibility index (Phi) is 7.29. The van der Waals surface area contributed by atoms with Crippen molar-refractivity contribution in [1.29, 1.82) is 0 Å². The van der Waals surface area contributed by atoms with Crippen LogP contribution in [-0.4, -0.2) is 27.7 Å². The number of sulfonamides is 1. The molecule has 0 fully saturated rings. The topological polar surface area (TPSA) is 84.5 Å². The lowest BCUT2D eigenvalue weighted by atomic mass is 10.2. The zero-order valence-corrected chi connectivity index (χ0v) is 17.4. The Balaban J connectivity index is 2.32. The quantitative estimate of drug-likeness (QED) is 0.646. The van der Waals surface area contributed by atoms with E-state index in [1.54, 1.807) is 45.2 Å². The molecule has 0 aromatic heterocycles. The van der Waals surface area contributed by atoms with Crippen LogP contribution in [0.1, 0.15) is 19.4 Å². The van der Waals surface area contributed by atoms with E-state index < -0.39 is 10.0 Å². The lowest BCUT2D eigenvalue weighted by Gasteiger charge is -2.14. The molecule has 0 saturated carbocycles. The number of rotatable bonds is 8. The number of carbonyl (C=O) groups excluding carboxylic acids is 1. The molecule has 1 amide bonds. The van der Waals surface area contributed by atoms with Crippen molar-refractivity contribution < 1.29 is 17.9 Å². The smallest absolute Gasteiger partial charge is 0.261 e. The molecule has 8 heteroatoms. The van der Waals surface area contributed by atoms with Crippen molar-refractivity contribution >= 4 is 39.1 Å². The van der Waals surface area contributed by atoms with Crippen LogP contribution in [0.5, 0.6) is 0 Å². The van der Waals surface area contributed by atoms with E-state index in [1.165, 1.54) is 23.9 Å². The third kappa shape index (κ3) is 5.72. The zero-order valence-electron chi connectivity index (χ0n) is 15.8. The van der Waals surface area contributed by atoms with Gasteiger partial charge in [0.05, 0.1) is 17.2 Å². The highest BCUT2D eigenvalue weighted by atomic mass is 32.2. The van der Waals surface area contributed by atoms with Crippen molar-refractivity contribution in [1.82, 2.24) is 0 Å². The van der Waals surface area contributed by atoms with E-state index in [0.29, 0.717) is 18.0 Å². The van der Waals surface area contributed by atoms with Gasteiger partial charge in [-0.05, 0) is 42.2 Å². The molecule has 0 radical (unpaired) electrons. The minimum absolute atomic E-state index is 0.0801. The normalized spacial score (nSPS) is 11.4. The first kappa shape index (κ1) is 21.3. The van der Waals surface area contributed by atoms with Gasteiger partial charge in [-0.3, -0.25) is 9.52 Å². The maximum absolute atomic E-state index is 12.8. The Hall–Kier alpha value is -2.03. The van der Waals surface area contributed by atoms with Crippen LogP contribution < -0.4 is 10.0 Å². The average molecular weight is 409 g/mol. The Morgan fingerprint density at radius 2 is 1.93 bits per heavy atom. The Morgan fingerprint density at radius 3 is 2.56 bits per heavy atom. The maximum Gasteiger partial charge on any atom is 0.261 e. The van der Waals surface area contributed by atoms with Gasteiger partial charge in [0, 0.05) is 23.6 Å². The number of amides is 1. The number of carbonyl (C=O) groups is 1. The van der Waals surface area contributed by atoms with Crippen molar-refractivity contribution in [3.8, 4) is 0 Å². The largest absolute Gasteiger partial charge is 0.380 e. The van der Waals surface area contributed by atoms with Crippen LogP contribution in [0.4, 0.5) is 11.4 Å². The molecule has 146 valence electrons. The minimum atomic E-state index is -3.80. The van der Waals surface area contributed by atoms with Gasteiger partial charge in [0.15, 0.2) is 0 Å². The number of hydrogen-bond donors (Lipinski definition) is 2. The fourth-order valence-corrected chi connectivity index (χ4v) is 3.94. The summed E-state index contributed by atoms with van der Waals surface area (Å²) in [4.78, 5) is 12.9. The van der Waals surface area contributed by atoms with Gasteiger partial charge in [0.1, 0.15) is 0 Å². The van der Waals surface area contributed by atoms with Crippen molar-refractivity contribution in [3.63, 3.8) is 0 Å². The van der Waals surface area contributed by atoms with Crippen LogP contribution in [-0.2, 0) is 26.2 Å². The number of ether oxygens (including phenoxy) is 1. The number of hydrogen-bond acceptors (Lipinski definition) is 5. The number of anilines is 2. The van der Waals surface area contributed by atoms with Crippen molar-refractivity contribution in [2.24, 2.45) is 5.92 Å². The van der Waals surface area contributed by atoms with E-state index >= 15 is 0 Å². The first-order valence-electron chi connectivity index (χ1n) is 8.36. The van der Waals surface area contributed by atoms with E-state index in [4.69, 9.17) is 4.74 Å². The van der Waals surface area contributed by atoms with Crippen LogP contribution in [0.15, 0.2) is 52.3 Å². The predicted molar refractivity (Wildman–Crippen MR) is 110 cm³/mol. The van der Waals surface area contributed by atoms with Gasteiger partial charge in [0.25, 0.3) is 10.0 Å². The highest BCUT2D eigenvalue weighted by Crippen LogP contribution is 2.29. The van der Waals surface area contributed by atoms with Crippen LogP contribution in [0.2, 0.25) is 0 Å². The summed E-state index contributed by atoms with van der Waals surface area (Å²) in [5.41, 5.74) is 1.80. The van der Waals surface area contributed by atoms with E-state index in [1.807, 2.05) is 12.3 Å². The summed E-state index contributed by atoms with van der Waals surface area (Å²) in [5, 5.41) is 2.79. The molecule has 0 aliphatic carbocycles. The average Bonchev–Trinajstić information content (AvgIpc) is 2.61. The summed E-state index contributed by atoms with van der Waals surface area (Å²) in [6.07, 6.45) is 1.87. The number of thioether (sulfide) groups is 1. The second kappa shape index (κ2) is 9.25. The van der Waals surface area contributed by atoms with Gasteiger partial charge >= 0.3 is 0 Å². The summed E-state index contributed by atoms with van der Waals surface area (Å²) in [7, 11) is -2.22. The molecule has 0 aliphatic heterocycles. The fraction of sp³-hybridized carbons (Fsp3) is 0.316. The first-order chi connectivity index (χ1) is 12.8. The van der Waals surface area contributed by atoms with Gasteiger partial charge in [-0.15, -0.1) is 11.8 Å². The van der Waals surface area contributed by atoms with Crippen LogP contribution in [0.3, 0.4) is 0 Å². The molecule has 2 aromatic rings. The van der Waals surface area contributed by atoms with Gasteiger partial charge < -0.3 is 10.1 Å². The molecule has 2 rings (SSSR count). The van der Waals surface area contributed by atoms with Crippen molar-refractivity contribution in [2.45, 2.75) is 30.2 Å². The Morgan fingerprint density at radius 1 is 1.19 bits per heavy atom. The summed E-state index contributed by atoms with van der Waals surface area (Å²) in [5.74, 6) is -0.373. The van der Waals surface area contributed by atoms with E-state index in [2.05, 4.69) is 10.0 Å². The molecule has 2 N–H and O–H groups in total. The third-order valence-electron chi connectivity index (χ3n) is 3.75. The number of nitrogens with one attached hydrogen (secondary N) is 2. The summed E-state index contributed by atoms with van der Waals surface area (Å²) in [6.45, 7) is 3.95. The molecule has 27 heavy (non-hydrogen) atoms. The molecule has 0 spiro atoms. The standard InChI is InChI=1S/C19H24N2O4S2/c1-13(2)19(22)20-17-11-16(8-9-18(17)26-4)27(23,24)21-15-7-5-6-14(10-15)12-25-3/h5-11,13,21H,12H2,1-4H3,(H,20,22). The molecule has 0 bridgehead atoms. The molecule has 0 saturated heterocycles. The van der Waals surface area contributed by atoms with Crippen LogP contribution in [0.25, 0.3) is 0 Å². The van der Waals surface area contributed by atoms with Gasteiger partial charge in [-0.25, -0.2) is 8.42 Å². The fourth-order valence-electron chi connectivity index (χ4n) is 2.33. The molecule has 0 unspecified atom stereocenters. The van der Waals surface area contributed by atoms with Gasteiger partial charge in [-0.1, -0.05) is 26.0 Å². The monoisotopic (exact) mass is 408 g/mol. The van der Waals surface area contributed by atoms with Crippen molar-refractivity contribution in [3.05, 3.63) is 48.0 Å². The van der Waals surface area contributed by atoms with Gasteiger partial charge in [-0.2, -0.15) is 0 Å². The maximum atomic E-state index is 12.8. The highest BCUT2D eigenvalue weighted by molar-refractivity contribution is 7.98. The molecular formula is C19H24N2O4S2. The molecular weight excluding hydrogens is 384 g/mol. The summed E-state index contributed by atoms with van der Waals surface area (Å²) >= 11 is 1.44. The Bertz CT molecular complexity index is 912. The first-order valence-corrected chi connectivity index (χ1v) is 11.1.